The van der Waals surface area contributed by atoms with E-state index >= 15 is 0 Å². The minimum absolute atomic E-state index is 0.822. The lowest BCUT2D eigenvalue weighted by molar-refractivity contribution is 0.717. The van der Waals surface area contributed by atoms with Crippen molar-refractivity contribution in [3.05, 3.63) is 48.0 Å². The van der Waals surface area contributed by atoms with Gasteiger partial charge in [-0.3, -0.25) is 0 Å². The van der Waals surface area contributed by atoms with Crippen molar-refractivity contribution in [2.24, 2.45) is 0 Å². The predicted molar refractivity (Wildman–Crippen MR) is 84.9 cm³/mol. The Balaban J connectivity index is 1.84. The number of hydrogen-bond donors (Lipinski definition) is 1. The van der Waals surface area contributed by atoms with E-state index in [1.807, 2.05) is 12.5 Å². The van der Waals surface area contributed by atoms with Crippen molar-refractivity contribution < 1.29 is 0 Å². The number of aryl methyl sites for hydroxylation is 2. The maximum Gasteiger partial charge on any atom is 0.0948 e. The molecule has 0 amide bonds. The SMILES string of the molecule is CCCCCc1ccc(NCc2cncn2CC)cc1. The first kappa shape index (κ1) is 14.6. The zero-order valence-corrected chi connectivity index (χ0v) is 12.6. The summed E-state index contributed by atoms with van der Waals surface area (Å²) in [6, 6.07) is 8.81. The standard InChI is InChI=1S/C17H25N3/c1-3-5-6-7-15-8-10-16(11-9-15)19-13-17-12-18-14-20(17)4-2/h8-12,14,19H,3-7,13H2,1-2H3. The Morgan fingerprint density at radius 2 is 1.90 bits per heavy atom. The molecule has 1 N–H and O–H groups in total. The Morgan fingerprint density at radius 1 is 1.10 bits per heavy atom. The van der Waals surface area contributed by atoms with Crippen LogP contribution in [0.3, 0.4) is 0 Å². The number of imidazole rings is 1. The van der Waals surface area contributed by atoms with Crippen LogP contribution >= 0.6 is 0 Å². The van der Waals surface area contributed by atoms with Crippen LogP contribution in [0, 0.1) is 0 Å². The fraction of sp³-hybridized carbons (Fsp3) is 0.471. The lowest BCUT2D eigenvalue weighted by Gasteiger charge is -2.09. The normalized spacial score (nSPS) is 10.7. The van der Waals surface area contributed by atoms with E-state index in [1.165, 1.54) is 42.6 Å². The quantitative estimate of drug-likeness (QED) is 0.727. The number of rotatable bonds is 8. The summed E-state index contributed by atoms with van der Waals surface area (Å²) in [4.78, 5) is 4.18. The van der Waals surface area contributed by atoms with Gasteiger partial charge in [-0.1, -0.05) is 31.9 Å². The Morgan fingerprint density at radius 3 is 2.60 bits per heavy atom. The molecular formula is C17H25N3. The molecule has 1 heterocycles. The molecule has 0 fully saturated rings. The van der Waals surface area contributed by atoms with Gasteiger partial charge in [-0.2, -0.15) is 0 Å². The first-order valence-electron chi connectivity index (χ1n) is 7.65. The number of nitrogens with one attached hydrogen (secondary N) is 1. The smallest absolute Gasteiger partial charge is 0.0948 e. The molecule has 0 aliphatic carbocycles. The van der Waals surface area contributed by atoms with E-state index in [9.17, 15) is 0 Å². The van der Waals surface area contributed by atoms with E-state index in [0.29, 0.717) is 0 Å². The van der Waals surface area contributed by atoms with Crippen molar-refractivity contribution in [3.8, 4) is 0 Å². The second kappa shape index (κ2) is 7.73. The van der Waals surface area contributed by atoms with Gasteiger partial charge in [0.25, 0.3) is 0 Å². The van der Waals surface area contributed by atoms with E-state index in [2.05, 4.69) is 53.0 Å². The van der Waals surface area contributed by atoms with Crippen molar-refractivity contribution in [1.82, 2.24) is 9.55 Å². The van der Waals surface area contributed by atoms with Crippen LogP contribution in [0.25, 0.3) is 0 Å². The van der Waals surface area contributed by atoms with Crippen LogP contribution in [0.1, 0.15) is 44.4 Å². The zero-order valence-electron chi connectivity index (χ0n) is 12.6. The van der Waals surface area contributed by atoms with Crippen LogP contribution in [0.4, 0.5) is 5.69 Å². The van der Waals surface area contributed by atoms with Crippen LogP contribution in [0.5, 0.6) is 0 Å². The second-order valence-corrected chi connectivity index (χ2v) is 5.18. The van der Waals surface area contributed by atoms with E-state index in [0.717, 1.165) is 13.1 Å². The van der Waals surface area contributed by atoms with Crippen molar-refractivity contribution in [2.75, 3.05) is 5.32 Å². The van der Waals surface area contributed by atoms with Gasteiger partial charge >= 0.3 is 0 Å². The van der Waals surface area contributed by atoms with Crippen LogP contribution in [-0.4, -0.2) is 9.55 Å². The summed E-state index contributed by atoms with van der Waals surface area (Å²) in [6.07, 6.45) is 8.89. The maximum absolute atomic E-state index is 4.18. The van der Waals surface area contributed by atoms with Crippen LogP contribution in [0.15, 0.2) is 36.8 Å². The molecule has 0 bridgehead atoms. The van der Waals surface area contributed by atoms with Crippen molar-refractivity contribution in [2.45, 2.75) is 52.6 Å². The lowest BCUT2D eigenvalue weighted by Crippen LogP contribution is -2.05. The molecule has 0 spiro atoms. The maximum atomic E-state index is 4.18. The van der Waals surface area contributed by atoms with Gasteiger partial charge < -0.3 is 9.88 Å². The molecular weight excluding hydrogens is 246 g/mol. The fourth-order valence-electron chi connectivity index (χ4n) is 2.34. The number of unbranched alkanes of at least 4 members (excludes halogenated alkanes) is 2. The summed E-state index contributed by atoms with van der Waals surface area (Å²) >= 11 is 0. The lowest BCUT2D eigenvalue weighted by atomic mass is 10.1. The Hall–Kier alpha value is -1.77. The van der Waals surface area contributed by atoms with Crippen molar-refractivity contribution in [3.63, 3.8) is 0 Å². The molecule has 2 rings (SSSR count). The third-order valence-electron chi connectivity index (χ3n) is 3.64. The average Bonchev–Trinajstić information content (AvgIpc) is 2.94. The van der Waals surface area contributed by atoms with Crippen molar-refractivity contribution in [1.29, 1.82) is 0 Å². The van der Waals surface area contributed by atoms with E-state index in [4.69, 9.17) is 0 Å². The summed E-state index contributed by atoms with van der Waals surface area (Å²) in [6.45, 7) is 6.17. The van der Waals surface area contributed by atoms with Gasteiger partial charge in [-0.05, 0) is 37.5 Å². The van der Waals surface area contributed by atoms with Gasteiger partial charge in [-0.25, -0.2) is 4.98 Å². The molecule has 0 atom stereocenters. The summed E-state index contributed by atoms with van der Waals surface area (Å²) in [5, 5.41) is 3.46. The minimum Gasteiger partial charge on any atom is -0.379 e. The summed E-state index contributed by atoms with van der Waals surface area (Å²) in [5.74, 6) is 0. The molecule has 0 radical (unpaired) electrons. The van der Waals surface area contributed by atoms with Crippen LogP contribution < -0.4 is 5.32 Å². The predicted octanol–water partition coefficient (Wildman–Crippen LogP) is 4.25. The zero-order chi connectivity index (χ0) is 14.2. The topological polar surface area (TPSA) is 29.9 Å². The molecule has 3 nitrogen and oxygen atoms in total. The molecule has 108 valence electrons. The van der Waals surface area contributed by atoms with Crippen molar-refractivity contribution >= 4 is 5.69 Å². The second-order valence-electron chi connectivity index (χ2n) is 5.18. The van der Waals surface area contributed by atoms with E-state index < -0.39 is 0 Å². The van der Waals surface area contributed by atoms with E-state index in [-0.39, 0.29) is 0 Å². The molecule has 2 aromatic rings. The Labute approximate surface area is 122 Å². The molecule has 3 heteroatoms. The molecule has 1 aromatic carbocycles. The molecule has 0 unspecified atom stereocenters. The molecule has 1 aromatic heterocycles. The summed E-state index contributed by atoms with van der Waals surface area (Å²) in [5.41, 5.74) is 3.83. The van der Waals surface area contributed by atoms with Gasteiger partial charge in [0.15, 0.2) is 0 Å². The first-order valence-corrected chi connectivity index (χ1v) is 7.65. The highest BCUT2D eigenvalue weighted by Crippen LogP contribution is 2.13. The molecule has 0 aliphatic heterocycles. The number of hydrogen-bond acceptors (Lipinski definition) is 2. The number of aromatic nitrogens is 2. The highest BCUT2D eigenvalue weighted by molar-refractivity contribution is 5.44. The molecule has 0 aliphatic rings. The number of nitrogens with zero attached hydrogens (tertiary/aromatic N) is 2. The summed E-state index contributed by atoms with van der Waals surface area (Å²) < 4.78 is 2.16. The van der Waals surface area contributed by atoms with E-state index in [1.54, 1.807) is 0 Å². The number of anilines is 1. The molecule has 20 heavy (non-hydrogen) atoms. The average molecular weight is 271 g/mol. The minimum atomic E-state index is 0.822. The monoisotopic (exact) mass is 271 g/mol. The highest BCUT2D eigenvalue weighted by atomic mass is 15.1. The fourth-order valence-corrected chi connectivity index (χ4v) is 2.34. The molecule has 0 saturated carbocycles. The van der Waals surface area contributed by atoms with Crippen LogP contribution in [-0.2, 0) is 19.5 Å². The van der Waals surface area contributed by atoms with Gasteiger partial charge in [0.05, 0.1) is 18.6 Å². The third-order valence-corrected chi connectivity index (χ3v) is 3.64. The van der Waals surface area contributed by atoms with Gasteiger partial charge in [0.2, 0.25) is 0 Å². The van der Waals surface area contributed by atoms with Gasteiger partial charge in [0, 0.05) is 18.4 Å². The van der Waals surface area contributed by atoms with Gasteiger partial charge in [-0.15, -0.1) is 0 Å². The number of benzene rings is 1. The van der Waals surface area contributed by atoms with Gasteiger partial charge in [0.1, 0.15) is 0 Å². The molecule has 0 saturated heterocycles. The Bertz CT molecular complexity index is 499. The highest BCUT2D eigenvalue weighted by Gasteiger charge is 2.00. The third kappa shape index (κ3) is 4.12. The van der Waals surface area contributed by atoms with Crippen LogP contribution in [0.2, 0.25) is 0 Å². The summed E-state index contributed by atoms with van der Waals surface area (Å²) in [7, 11) is 0. The Kier molecular flexibility index (Phi) is 5.66. The largest absolute Gasteiger partial charge is 0.379 e. The first-order chi connectivity index (χ1) is 9.83.